The second-order valence-corrected chi connectivity index (χ2v) is 5.51. The summed E-state index contributed by atoms with van der Waals surface area (Å²) in [5.74, 6) is 0.901. The van der Waals surface area contributed by atoms with Crippen molar-refractivity contribution in [3.8, 4) is 5.75 Å². The molecule has 3 aromatic rings. The SMILES string of the molecule is Cc1ccccc1C1=CCOc2cc3occ(C)c3cc21. The van der Waals surface area contributed by atoms with Crippen LogP contribution in [0.2, 0.25) is 0 Å². The Labute approximate surface area is 123 Å². The summed E-state index contributed by atoms with van der Waals surface area (Å²) in [6.07, 6.45) is 3.96. The van der Waals surface area contributed by atoms with Gasteiger partial charge in [-0.3, -0.25) is 0 Å². The maximum Gasteiger partial charge on any atom is 0.137 e. The van der Waals surface area contributed by atoms with E-state index in [2.05, 4.69) is 50.3 Å². The van der Waals surface area contributed by atoms with E-state index >= 15 is 0 Å². The maximum absolute atomic E-state index is 5.80. The molecule has 104 valence electrons. The first kappa shape index (κ1) is 12.3. The Morgan fingerprint density at radius 3 is 2.67 bits per heavy atom. The summed E-state index contributed by atoms with van der Waals surface area (Å²) in [6.45, 7) is 4.81. The van der Waals surface area contributed by atoms with Crippen molar-refractivity contribution >= 4 is 16.5 Å². The van der Waals surface area contributed by atoms with Crippen molar-refractivity contribution in [2.45, 2.75) is 13.8 Å². The van der Waals surface area contributed by atoms with Crippen LogP contribution in [0.1, 0.15) is 22.3 Å². The third-order valence-corrected chi connectivity index (χ3v) is 4.12. The molecular weight excluding hydrogens is 260 g/mol. The van der Waals surface area contributed by atoms with Crippen LogP contribution in [0, 0.1) is 13.8 Å². The molecule has 0 amide bonds. The fourth-order valence-electron chi connectivity index (χ4n) is 2.97. The van der Waals surface area contributed by atoms with Gasteiger partial charge in [0.2, 0.25) is 0 Å². The number of aryl methyl sites for hydroxylation is 2. The van der Waals surface area contributed by atoms with Gasteiger partial charge in [0.1, 0.15) is 17.9 Å². The summed E-state index contributed by atoms with van der Waals surface area (Å²) < 4.78 is 11.4. The van der Waals surface area contributed by atoms with Crippen molar-refractivity contribution in [2.75, 3.05) is 6.61 Å². The van der Waals surface area contributed by atoms with Crippen LogP contribution < -0.4 is 4.74 Å². The van der Waals surface area contributed by atoms with Crippen molar-refractivity contribution in [2.24, 2.45) is 0 Å². The number of hydrogen-bond acceptors (Lipinski definition) is 2. The molecule has 21 heavy (non-hydrogen) atoms. The van der Waals surface area contributed by atoms with E-state index in [0.29, 0.717) is 6.61 Å². The van der Waals surface area contributed by atoms with E-state index in [9.17, 15) is 0 Å². The molecular formula is C19H16O2. The van der Waals surface area contributed by atoms with E-state index in [1.807, 2.05) is 6.07 Å². The highest BCUT2D eigenvalue weighted by atomic mass is 16.5. The average Bonchev–Trinajstić information content (AvgIpc) is 2.86. The van der Waals surface area contributed by atoms with Gasteiger partial charge in [0, 0.05) is 17.0 Å². The van der Waals surface area contributed by atoms with Crippen LogP contribution in [-0.2, 0) is 0 Å². The molecule has 0 bridgehead atoms. The van der Waals surface area contributed by atoms with Crippen molar-refractivity contribution in [1.82, 2.24) is 0 Å². The number of benzene rings is 2. The van der Waals surface area contributed by atoms with Crippen LogP contribution in [0.3, 0.4) is 0 Å². The fraction of sp³-hybridized carbons (Fsp3) is 0.158. The Morgan fingerprint density at radius 2 is 1.81 bits per heavy atom. The number of furan rings is 1. The molecule has 2 aromatic carbocycles. The second kappa shape index (κ2) is 4.52. The van der Waals surface area contributed by atoms with E-state index in [1.54, 1.807) is 6.26 Å². The smallest absolute Gasteiger partial charge is 0.137 e. The molecule has 0 saturated carbocycles. The third-order valence-electron chi connectivity index (χ3n) is 4.12. The Hall–Kier alpha value is -2.48. The highest BCUT2D eigenvalue weighted by molar-refractivity contribution is 5.93. The fourth-order valence-corrected chi connectivity index (χ4v) is 2.97. The van der Waals surface area contributed by atoms with Crippen molar-refractivity contribution < 1.29 is 9.15 Å². The largest absolute Gasteiger partial charge is 0.489 e. The van der Waals surface area contributed by atoms with Crippen LogP contribution in [0.5, 0.6) is 5.75 Å². The molecule has 0 unspecified atom stereocenters. The normalized spacial score (nSPS) is 13.7. The summed E-state index contributed by atoms with van der Waals surface area (Å²) >= 11 is 0. The molecule has 0 saturated heterocycles. The molecule has 1 aromatic heterocycles. The second-order valence-electron chi connectivity index (χ2n) is 5.51. The van der Waals surface area contributed by atoms with Crippen LogP contribution >= 0.6 is 0 Å². The quantitative estimate of drug-likeness (QED) is 0.632. The monoisotopic (exact) mass is 276 g/mol. The van der Waals surface area contributed by atoms with Gasteiger partial charge in [0.25, 0.3) is 0 Å². The Morgan fingerprint density at radius 1 is 0.952 bits per heavy atom. The van der Waals surface area contributed by atoms with E-state index < -0.39 is 0 Å². The van der Waals surface area contributed by atoms with Gasteiger partial charge in [0.05, 0.1) is 6.26 Å². The van der Waals surface area contributed by atoms with Gasteiger partial charge in [-0.2, -0.15) is 0 Å². The molecule has 0 aliphatic carbocycles. The lowest BCUT2D eigenvalue weighted by molar-refractivity contribution is 0.357. The van der Waals surface area contributed by atoms with Crippen LogP contribution in [0.25, 0.3) is 16.5 Å². The summed E-state index contributed by atoms with van der Waals surface area (Å²) in [5.41, 5.74) is 6.98. The molecule has 2 nitrogen and oxygen atoms in total. The number of fused-ring (bicyclic) bond motifs is 2. The molecule has 2 heterocycles. The Bertz CT molecular complexity index is 868. The van der Waals surface area contributed by atoms with E-state index in [-0.39, 0.29) is 0 Å². The molecule has 2 heteroatoms. The van der Waals surface area contributed by atoms with E-state index in [4.69, 9.17) is 9.15 Å². The third kappa shape index (κ3) is 1.87. The zero-order valence-corrected chi connectivity index (χ0v) is 12.1. The van der Waals surface area contributed by atoms with Crippen LogP contribution in [0.15, 0.2) is 53.2 Å². The molecule has 0 N–H and O–H groups in total. The van der Waals surface area contributed by atoms with Crippen LogP contribution in [-0.4, -0.2) is 6.61 Å². The Balaban J connectivity index is 1.97. The minimum Gasteiger partial charge on any atom is -0.489 e. The first-order valence-electron chi connectivity index (χ1n) is 7.15. The van der Waals surface area contributed by atoms with Gasteiger partial charge in [0.15, 0.2) is 0 Å². The van der Waals surface area contributed by atoms with Gasteiger partial charge < -0.3 is 9.15 Å². The minimum absolute atomic E-state index is 0.599. The van der Waals surface area contributed by atoms with Crippen LogP contribution in [0.4, 0.5) is 0 Å². The first-order chi connectivity index (χ1) is 10.2. The highest BCUT2D eigenvalue weighted by Gasteiger charge is 2.19. The van der Waals surface area contributed by atoms with Gasteiger partial charge in [-0.05, 0) is 48.3 Å². The number of rotatable bonds is 1. The minimum atomic E-state index is 0.599. The number of hydrogen-bond donors (Lipinski definition) is 0. The Kier molecular flexibility index (Phi) is 2.64. The van der Waals surface area contributed by atoms with Gasteiger partial charge in [-0.25, -0.2) is 0 Å². The van der Waals surface area contributed by atoms with Gasteiger partial charge >= 0.3 is 0 Å². The lowest BCUT2D eigenvalue weighted by atomic mass is 9.91. The van der Waals surface area contributed by atoms with Crippen molar-refractivity contribution in [3.05, 3.63) is 71.0 Å². The molecule has 0 atom stereocenters. The predicted molar refractivity (Wildman–Crippen MR) is 84.7 cm³/mol. The lowest BCUT2D eigenvalue weighted by Crippen LogP contribution is -2.06. The highest BCUT2D eigenvalue weighted by Crippen LogP contribution is 2.39. The molecule has 0 radical (unpaired) electrons. The number of ether oxygens (including phenoxy) is 1. The van der Waals surface area contributed by atoms with Gasteiger partial charge in [-0.1, -0.05) is 24.3 Å². The average molecular weight is 276 g/mol. The van der Waals surface area contributed by atoms with Crippen molar-refractivity contribution in [3.63, 3.8) is 0 Å². The predicted octanol–water partition coefficient (Wildman–Crippen LogP) is 4.87. The molecule has 4 rings (SSSR count). The van der Waals surface area contributed by atoms with Gasteiger partial charge in [-0.15, -0.1) is 0 Å². The summed E-state index contributed by atoms with van der Waals surface area (Å²) in [7, 11) is 0. The van der Waals surface area contributed by atoms with E-state index in [1.165, 1.54) is 16.7 Å². The van der Waals surface area contributed by atoms with Crippen molar-refractivity contribution in [1.29, 1.82) is 0 Å². The molecule has 0 spiro atoms. The molecule has 0 fully saturated rings. The first-order valence-corrected chi connectivity index (χ1v) is 7.15. The zero-order valence-electron chi connectivity index (χ0n) is 12.1. The van der Waals surface area contributed by atoms with E-state index in [0.717, 1.165) is 27.8 Å². The standard InChI is InChI=1S/C19H16O2/c1-12-5-3-4-6-14(12)15-7-8-20-19-10-18-16(9-17(15)19)13(2)11-21-18/h3-7,9-11H,8H2,1-2H3. The summed E-state index contributed by atoms with van der Waals surface area (Å²) in [4.78, 5) is 0. The molecule has 1 aliphatic heterocycles. The summed E-state index contributed by atoms with van der Waals surface area (Å²) in [6, 6.07) is 12.7. The zero-order chi connectivity index (χ0) is 14.4. The summed E-state index contributed by atoms with van der Waals surface area (Å²) in [5, 5.41) is 1.15. The molecule has 1 aliphatic rings. The lowest BCUT2D eigenvalue weighted by Gasteiger charge is -2.20. The maximum atomic E-state index is 5.80. The topological polar surface area (TPSA) is 22.4 Å².